The Morgan fingerprint density at radius 3 is 2.70 bits per heavy atom. The van der Waals surface area contributed by atoms with Gasteiger partial charge in [-0.2, -0.15) is 0 Å². The van der Waals surface area contributed by atoms with Gasteiger partial charge in [0.15, 0.2) is 5.96 Å². The molecule has 0 radical (unpaired) electrons. The van der Waals surface area contributed by atoms with Crippen molar-refractivity contribution in [2.45, 2.75) is 39.5 Å². The smallest absolute Gasteiger partial charge is 0.191 e. The molecule has 5 heteroatoms. The molecule has 1 aromatic carbocycles. The van der Waals surface area contributed by atoms with Gasteiger partial charge in [-0.1, -0.05) is 44.2 Å². The molecule has 0 spiro atoms. The van der Waals surface area contributed by atoms with Crippen molar-refractivity contribution in [3.8, 4) is 0 Å². The van der Waals surface area contributed by atoms with E-state index in [1.54, 1.807) is 0 Å². The van der Waals surface area contributed by atoms with Crippen molar-refractivity contribution in [1.82, 2.24) is 15.5 Å². The Hall–Kier alpha value is -1.59. The Labute approximate surface area is 165 Å². The number of likely N-dealkylation sites (tertiary alicyclic amines) is 1. The Balaban J connectivity index is 1.87. The second kappa shape index (κ2) is 12.0. The lowest BCUT2D eigenvalue weighted by Gasteiger charge is -2.34. The summed E-state index contributed by atoms with van der Waals surface area (Å²) in [6, 6.07) is 10.1. The minimum atomic E-state index is 0.0397. The highest BCUT2D eigenvalue weighted by molar-refractivity contribution is 5.79. The first-order chi connectivity index (χ1) is 13.1. The van der Waals surface area contributed by atoms with Crippen LogP contribution in [0.2, 0.25) is 0 Å². The molecule has 3 N–H and O–H groups in total. The second-order valence-corrected chi connectivity index (χ2v) is 8.05. The monoisotopic (exact) mass is 374 g/mol. The predicted molar refractivity (Wildman–Crippen MR) is 114 cm³/mol. The third-order valence-corrected chi connectivity index (χ3v) is 5.09. The number of aliphatic imine (C=N–C) groups is 1. The summed E-state index contributed by atoms with van der Waals surface area (Å²) in [6.07, 6.45) is 2.57. The molecule has 2 unspecified atom stereocenters. The maximum atomic E-state index is 9.74. The highest BCUT2D eigenvalue weighted by Crippen LogP contribution is 2.17. The standard InChI is InChI=1S/C22H38N4O/c1-4-23-22(25-14-21(17-27)20-10-6-5-7-11-20)24-13-19-9-8-12-26(16-19)15-18(2)3/h5-7,10-11,18-19,21,27H,4,8-9,12-17H2,1-3H3,(H2,23,24,25). The van der Waals surface area contributed by atoms with Crippen LogP contribution in [0.1, 0.15) is 45.1 Å². The molecule has 1 aliphatic rings. The fraction of sp³-hybridized carbons (Fsp3) is 0.682. The number of piperidine rings is 1. The van der Waals surface area contributed by atoms with Crippen LogP contribution in [0.15, 0.2) is 35.3 Å². The van der Waals surface area contributed by atoms with Crippen LogP contribution in [0.4, 0.5) is 0 Å². The van der Waals surface area contributed by atoms with E-state index in [4.69, 9.17) is 4.99 Å². The van der Waals surface area contributed by atoms with E-state index in [9.17, 15) is 5.11 Å². The first-order valence-corrected chi connectivity index (χ1v) is 10.5. The van der Waals surface area contributed by atoms with E-state index >= 15 is 0 Å². The Kier molecular flexibility index (Phi) is 9.64. The van der Waals surface area contributed by atoms with Gasteiger partial charge in [-0.3, -0.25) is 4.99 Å². The van der Waals surface area contributed by atoms with Crippen molar-refractivity contribution < 1.29 is 5.11 Å². The van der Waals surface area contributed by atoms with Crippen molar-refractivity contribution in [1.29, 1.82) is 0 Å². The number of hydrogen-bond acceptors (Lipinski definition) is 3. The molecule has 0 bridgehead atoms. The molecule has 0 amide bonds. The summed E-state index contributed by atoms with van der Waals surface area (Å²) in [5.41, 5.74) is 1.14. The topological polar surface area (TPSA) is 59.9 Å². The lowest BCUT2D eigenvalue weighted by atomic mass is 9.97. The molecule has 2 rings (SSSR count). The molecule has 1 saturated heterocycles. The van der Waals surface area contributed by atoms with E-state index in [1.807, 2.05) is 18.2 Å². The number of rotatable bonds is 9. The number of hydrogen-bond donors (Lipinski definition) is 3. The maximum Gasteiger partial charge on any atom is 0.191 e. The predicted octanol–water partition coefficient (Wildman–Crippen LogP) is 2.69. The summed E-state index contributed by atoms with van der Waals surface area (Å²) in [6.45, 7) is 12.8. The van der Waals surface area contributed by atoms with Crippen molar-refractivity contribution in [2.24, 2.45) is 16.8 Å². The van der Waals surface area contributed by atoms with Crippen molar-refractivity contribution >= 4 is 5.96 Å². The van der Waals surface area contributed by atoms with Crippen molar-refractivity contribution in [2.75, 3.05) is 45.9 Å². The summed E-state index contributed by atoms with van der Waals surface area (Å²) in [5.74, 6) is 2.29. The van der Waals surface area contributed by atoms with Gasteiger partial charge < -0.3 is 20.6 Å². The molecule has 1 heterocycles. The van der Waals surface area contributed by atoms with Crippen LogP contribution in [-0.2, 0) is 0 Å². The van der Waals surface area contributed by atoms with Gasteiger partial charge in [0.05, 0.1) is 13.2 Å². The maximum absolute atomic E-state index is 9.74. The van der Waals surface area contributed by atoms with E-state index in [0.29, 0.717) is 12.5 Å². The van der Waals surface area contributed by atoms with Gasteiger partial charge in [0.25, 0.3) is 0 Å². The molecule has 0 aromatic heterocycles. The number of aliphatic hydroxyl groups excluding tert-OH is 1. The quantitative estimate of drug-likeness (QED) is 0.459. The van der Waals surface area contributed by atoms with Crippen LogP contribution in [0.3, 0.4) is 0 Å². The Morgan fingerprint density at radius 2 is 2.04 bits per heavy atom. The normalized spacial score (nSPS) is 19.9. The molecule has 2 atom stereocenters. The van der Waals surface area contributed by atoms with Gasteiger partial charge >= 0.3 is 0 Å². The van der Waals surface area contributed by atoms with Gasteiger partial charge in [0, 0.05) is 32.1 Å². The van der Waals surface area contributed by atoms with Crippen LogP contribution >= 0.6 is 0 Å². The number of guanidine groups is 1. The number of benzene rings is 1. The van der Waals surface area contributed by atoms with Crippen molar-refractivity contribution in [3.63, 3.8) is 0 Å². The van der Waals surface area contributed by atoms with Crippen molar-refractivity contribution in [3.05, 3.63) is 35.9 Å². The number of nitrogens with zero attached hydrogens (tertiary/aromatic N) is 2. The van der Waals surface area contributed by atoms with E-state index in [1.165, 1.54) is 32.5 Å². The van der Waals surface area contributed by atoms with Crippen LogP contribution in [-0.4, -0.2) is 61.8 Å². The van der Waals surface area contributed by atoms with Gasteiger partial charge in [-0.25, -0.2) is 0 Å². The highest BCUT2D eigenvalue weighted by atomic mass is 16.3. The zero-order valence-corrected chi connectivity index (χ0v) is 17.3. The van der Waals surface area contributed by atoms with E-state index in [0.717, 1.165) is 30.5 Å². The van der Waals surface area contributed by atoms with Crippen LogP contribution in [0, 0.1) is 11.8 Å². The Bertz CT molecular complexity index is 547. The Morgan fingerprint density at radius 1 is 1.26 bits per heavy atom. The third kappa shape index (κ3) is 7.89. The largest absolute Gasteiger partial charge is 0.396 e. The van der Waals surface area contributed by atoms with E-state index < -0.39 is 0 Å². The molecule has 0 aliphatic carbocycles. The first kappa shape index (κ1) is 21.7. The summed E-state index contributed by atoms with van der Waals surface area (Å²) < 4.78 is 0. The summed E-state index contributed by atoms with van der Waals surface area (Å²) in [5, 5.41) is 16.6. The molecule has 152 valence electrons. The SMILES string of the molecule is CCNC(=NCC(CO)c1ccccc1)NCC1CCCN(CC(C)C)C1. The minimum absolute atomic E-state index is 0.0397. The van der Waals surface area contributed by atoms with Crippen LogP contribution in [0.25, 0.3) is 0 Å². The number of nitrogens with one attached hydrogen (secondary N) is 2. The average molecular weight is 375 g/mol. The van der Waals surface area contributed by atoms with Gasteiger partial charge in [-0.15, -0.1) is 0 Å². The molecule has 0 saturated carbocycles. The second-order valence-electron chi connectivity index (χ2n) is 8.05. The summed E-state index contributed by atoms with van der Waals surface area (Å²) in [4.78, 5) is 7.33. The highest BCUT2D eigenvalue weighted by Gasteiger charge is 2.20. The third-order valence-electron chi connectivity index (χ3n) is 5.09. The molecule has 5 nitrogen and oxygen atoms in total. The van der Waals surface area contributed by atoms with Gasteiger partial charge in [0.2, 0.25) is 0 Å². The first-order valence-electron chi connectivity index (χ1n) is 10.5. The molecule has 1 aromatic rings. The average Bonchev–Trinajstić information content (AvgIpc) is 2.67. The van der Waals surface area contributed by atoms with E-state index in [-0.39, 0.29) is 12.5 Å². The van der Waals surface area contributed by atoms with E-state index in [2.05, 4.69) is 48.4 Å². The molecule has 27 heavy (non-hydrogen) atoms. The molecular weight excluding hydrogens is 336 g/mol. The zero-order chi connectivity index (χ0) is 19.5. The fourth-order valence-corrected chi connectivity index (χ4v) is 3.78. The molecule has 1 aliphatic heterocycles. The lowest BCUT2D eigenvalue weighted by Crippen LogP contribution is -2.45. The minimum Gasteiger partial charge on any atom is -0.396 e. The summed E-state index contributed by atoms with van der Waals surface area (Å²) in [7, 11) is 0. The number of aliphatic hydroxyl groups is 1. The molecule has 1 fully saturated rings. The zero-order valence-electron chi connectivity index (χ0n) is 17.3. The lowest BCUT2D eigenvalue weighted by molar-refractivity contribution is 0.159. The van der Waals surface area contributed by atoms with Crippen LogP contribution < -0.4 is 10.6 Å². The molecular formula is C22H38N4O. The fourth-order valence-electron chi connectivity index (χ4n) is 3.78. The summed E-state index contributed by atoms with van der Waals surface area (Å²) >= 11 is 0. The van der Waals surface area contributed by atoms with Gasteiger partial charge in [-0.05, 0) is 43.7 Å². The van der Waals surface area contributed by atoms with Crippen LogP contribution in [0.5, 0.6) is 0 Å². The van der Waals surface area contributed by atoms with Gasteiger partial charge in [0.1, 0.15) is 0 Å².